The Balaban J connectivity index is 1.95. The van der Waals surface area contributed by atoms with E-state index in [2.05, 4.69) is 9.97 Å². The van der Waals surface area contributed by atoms with Crippen molar-refractivity contribution in [3.63, 3.8) is 0 Å². The van der Waals surface area contributed by atoms with Crippen LogP contribution in [0.4, 0.5) is 0 Å². The van der Waals surface area contributed by atoms with E-state index in [1.54, 1.807) is 6.07 Å². The van der Waals surface area contributed by atoms with Crippen LogP contribution in [0.5, 0.6) is 0 Å². The van der Waals surface area contributed by atoms with Gasteiger partial charge in [0.1, 0.15) is 5.82 Å². The van der Waals surface area contributed by atoms with Gasteiger partial charge >= 0.3 is 0 Å². The highest BCUT2D eigenvalue weighted by atomic mass is 16.1. The highest BCUT2D eigenvalue weighted by Gasteiger charge is 2.27. The summed E-state index contributed by atoms with van der Waals surface area (Å²) in [5, 5.41) is 0. The van der Waals surface area contributed by atoms with Crippen molar-refractivity contribution in [1.29, 1.82) is 0 Å². The summed E-state index contributed by atoms with van der Waals surface area (Å²) < 4.78 is 0. The lowest BCUT2D eigenvalue weighted by Gasteiger charge is -2.09. The van der Waals surface area contributed by atoms with Crippen molar-refractivity contribution in [2.45, 2.75) is 50.4 Å². The minimum absolute atomic E-state index is 0.0359. The van der Waals surface area contributed by atoms with Crippen LogP contribution in [0, 0.1) is 0 Å². The third kappa shape index (κ3) is 1.83. The summed E-state index contributed by atoms with van der Waals surface area (Å²) in [5.74, 6) is 2.03. The first-order chi connectivity index (χ1) is 7.33. The second kappa shape index (κ2) is 3.47. The molecule has 1 N–H and O–H groups in total. The molecule has 2 aliphatic carbocycles. The van der Waals surface area contributed by atoms with Crippen molar-refractivity contribution >= 4 is 0 Å². The molecule has 0 radical (unpaired) electrons. The largest absolute Gasteiger partial charge is 0.310 e. The van der Waals surface area contributed by atoms with Gasteiger partial charge in [-0.3, -0.25) is 4.79 Å². The van der Waals surface area contributed by atoms with Crippen molar-refractivity contribution < 1.29 is 0 Å². The second-order valence-electron chi connectivity index (χ2n) is 4.81. The third-order valence-corrected chi connectivity index (χ3v) is 3.52. The van der Waals surface area contributed by atoms with Crippen LogP contribution in [0.3, 0.4) is 0 Å². The average molecular weight is 204 g/mol. The third-order valence-electron chi connectivity index (χ3n) is 3.52. The normalized spacial score (nSPS) is 22.1. The van der Waals surface area contributed by atoms with Gasteiger partial charge in [0.15, 0.2) is 0 Å². The lowest BCUT2D eigenvalue weighted by molar-refractivity contribution is 0.656. The predicted octanol–water partition coefficient (Wildman–Crippen LogP) is 2.30. The quantitative estimate of drug-likeness (QED) is 0.803. The fraction of sp³-hybridized carbons (Fsp3) is 0.667. The van der Waals surface area contributed by atoms with Gasteiger partial charge in [-0.15, -0.1) is 0 Å². The summed E-state index contributed by atoms with van der Waals surface area (Å²) in [4.78, 5) is 19.0. The van der Waals surface area contributed by atoms with E-state index in [1.807, 2.05) is 0 Å². The maximum absolute atomic E-state index is 11.5. The van der Waals surface area contributed by atoms with Gasteiger partial charge in [0.2, 0.25) is 0 Å². The van der Waals surface area contributed by atoms with E-state index in [0.717, 1.165) is 11.5 Å². The number of aromatic nitrogens is 2. The van der Waals surface area contributed by atoms with Gasteiger partial charge in [0.05, 0.1) is 5.69 Å². The van der Waals surface area contributed by atoms with Crippen molar-refractivity contribution in [3.8, 4) is 0 Å². The highest BCUT2D eigenvalue weighted by Crippen LogP contribution is 2.39. The number of rotatable bonds is 2. The zero-order valence-corrected chi connectivity index (χ0v) is 8.83. The molecule has 1 aromatic rings. The van der Waals surface area contributed by atoms with Crippen molar-refractivity contribution in [2.75, 3.05) is 0 Å². The standard InChI is InChI=1S/C12H16N2O/c15-11-7-10(8-5-6-8)13-12(14-11)9-3-1-2-4-9/h7-9H,1-6H2,(H,13,14,15). The van der Waals surface area contributed by atoms with Gasteiger partial charge < -0.3 is 4.98 Å². The smallest absolute Gasteiger partial charge is 0.251 e. The van der Waals surface area contributed by atoms with E-state index in [1.165, 1.54) is 38.5 Å². The average Bonchev–Trinajstić information content (AvgIpc) is 2.93. The van der Waals surface area contributed by atoms with Gasteiger partial charge in [-0.1, -0.05) is 12.8 Å². The van der Waals surface area contributed by atoms with Crippen LogP contribution in [0.25, 0.3) is 0 Å². The molecule has 2 saturated carbocycles. The number of H-pyrrole nitrogens is 1. The molecule has 0 atom stereocenters. The molecule has 3 nitrogen and oxygen atoms in total. The molecule has 1 aromatic heterocycles. The molecule has 80 valence electrons. The molecule has 0 spiro atoms. The molecular weight excluding hydrogens is 188 g/mol. The van der Waals surface area contributed by atoms with Gasteiger partial charge in [0.25, 0.3) is 5.56 Å². The molecule has 0 amide bonds. The lowest BCUT2D eigenvalue weighted by atomic mass is 10.1. The van der Waals surface area contributed by atoms with Gasteiger partial charge in [-0.2, -0.15) is 0 Å². The summed E-state index contributed by atoms with van der Waals surface area (Å²) >= 11 is 0. The molecule has 0 saturated heterocycles. The SMILES string of the molecule is O=c1cc(C2CC2)nc(C2CCCC2)[nH]1. The number of hydrogen-bond acceptors (Lipinski definition) is 2. The summed E-state index contributed by atoms with van der Waals surface area (Å²) in [6, 6.07) is 1.68. The van der Waals surface area contributed by atoms with Crippen LogP contribution in [-0.4, -0.2) is 9.97 Å². The lowest BCUT2D eigenvalue weighted by Crippen LogP contribution is -2.14. The summed E-state index contributed by atoms with van der Waals surface area (Å²) in [6.07, 6.45) is 7.36. The Morgan fingerprint density at radius 3 is 2.53 bits per heavy atom. The minimum Gasteiger partial charge on any atom is -0.310 e. The van der Waals surface area contributed by atoms with Crippen molar-refractivity contribution in [3.05, 3.63) is 27.9 Å². The maximum atomic E-state index is 11.5. The number of hydrogen-bond donors (Lipinski definition) is 1. The Kier molecular flexibility index (Phi) is 2.11. The van der Waals surface area contributed by atoms with E-state index in [9.17, 15) is 4.79 Å². The number of aromatic amines is 1. The van der Waals surface area contributed by atoms with E-state index < -0.39 is 0 Å². The van der Waals surface area contributed by atoms with Gasteiger partial charge in [0, 0.05) is 17.9 Å². The molecular formula is C12H16N2O. The molecule has 0 bridgehead atoms. The minimum atomic E-state index is 0.0359. The van der Waals surface area contributed by atoms with E-state index in [-0.39, 0.29) is 5.56 Å². The molecule has 0 aromatic carbocycles. The van der Waals surface area contributed by atoms with Crippen molar-refractivity contribution in [2.24, 2.45) is 0 Å². The van der Waals surface area contributed by atoms with Crippen LogP contribution in [0.2, 0.25) is 0 Å². The molecule has 0 unspecified atom stereocenters. The van der Waals surface area contributed by atoms with Crippen LogP contribution >= 0.6 is 0 Å². The zero-order chi connectivity index (χ0) is 10.3. The Morgan fingerprint density at radius 1 is 1.13 bits per heavy atom. The maximum Gasteiger partial charge on any atom is 0.251 e. The fourth-order valence-corrected chi connectivity index (χ4v) is 2.48. The Bertz CT molecular complexity index is 414. The van der Waals surface area contributed by atoms with Crippen LogP contribution in [0.1, 0.15) is 61.9 Å². The topological polar surface area (TPSA) is 45.8 Å². The second-order valence-corrected chi connectivity index (χ2v) is 4.81. The Labute approximate surface area is 88.9 Å². The number of nitrogens with one attached hydrogen (secondary N) is 1. The first kappa shape index (κ1) is 9.13. The van der Waals surface area contributed by atoms with Crippen LogP contribution in [0.15, 0.2) is 10.9 Å². The molecule has 3 heteroatoms. The monoisotopic (exact) mass is 204 g/mol. The van der Waals surface area contributed by atoms with Gasteiger partial charge in [-0.05, 0) is 25.7 Å². The highest BCUT2D eigenvalue weighted by molar-refractivity contribution is 5.15. The molecule has 15 heavy (non-hydrogen) atoms. The van der Waals surface area contributed by atoms with Gasteiger partial charge in [-0.25, -0.2) is 4.98 Å². The molecule has 0 aliphatic heterocycles. The van der Waals surface area contributed by atoms with Crippen LogP contribution < -0.4 is 5.56 Å². The number of nitrogens with zero attached hydrogens (tertiary/aromatic N) is 1. The Hall–Kier alpha value is -1.12. The zero-order valence-electron chi connectivity index (χ0n) is 8.83. The first-order valence-corrected chi connectivity index (χ1v) is 5.94. The first-order valence-electron chi connectivity index (χ1n) is 5.94. The van der Waals surface area contributed by atoms with E-state index >= 15 is 0 Å². The summed E-state index contributed by atoms with van der Waals surface area (Å²) in [7, 11) is 0. The molecule has 2 aliphatic rings. The molecule has 2 fully saturated rings. The molecule has 3 rings (SSSR count). The predicted molar refractivity (Wildman–Crippen MR) is 58.0 cm³/mol. The fourth-order valence-electron chi connectivity index (χ4n) is 2.48. The molecule has 1 heterocycles. The van der Waals surface area contributed by atoms with Crippen molar-refractivity contribution in [1.82, 2.24) is 9.97 Å². The Morgan fingerprint density at radius 2 is 1.87 bits per heavy atom. The van der Waals surface area contributed by atoms with E-state index in [4.69, 9.17) is 0 Å². The van der Waals surface area contributed by atoms with E-state index in [0.29, 0.717) is 11.8 Å². The summed E-state index contributed by atoms with van der Waals surface area (Å²) in [6.45, 7) is 0. The summed E-state index contributed by atoms with van der Waals surface area (Å²) in [5.41, 5.74) is 1.06. The van der Waals surface area contributed by atoms with Crippen LogP contribution in [-0.2, 0) is 0 Å².